The Morgan fingerprint density at radius 3 is 3.04 bits per heavy atom. The van der Waals surface area contributed by atoms with E-state index in [1.165, 1.54) is 0 Å². The van der Waals surface area contributed by atoms with E-state index >= 15 is 0 Å². The Morgan fingerprint density at radius 2 is 2.24 bits per heavy atom. The number of hydrogen-bond acceptors (Lipinski definition) is 6. The zero-order valence-corrected chi connectivity index (χ0v) is 15.5. The molecule has 130 valence electrons. The van der Waals surface area contributed by atoms with Gasteiger partial charge in [-0.15, -0.1) is 11.3 Å². The number of aromatic nitrogens is 1. The molecule has 0 amide bonds. The van der Waals surface area contributed by atoms with Crippen LogP contribution in [0.1, 0.15) is 12.7 Å². The lowest BCUT2D eigenvalue weighted by molar-refractivity contribution is 0.179. The lowest BCUT2D eigenvalue weighted by Gasteiger charge is -2.13. The maximum atomic E-state index is 5.78. The number of thiocarbonyl (C=S) groups is 1. The van der Waals surface area contributed by atoms with E-state index in [0.717, 1.165) is 21.0 Å². The molecule has 1 atom stereocenters. The molecule has 0 spiro atoms. The Morgan fingerprint density at radius 1 is 1.40 bits per heavy atom. The summed E-state index contributed by atoms with van der Waals surface area (Å²) in [4.78, 5) is 4.58. The normalized spacial score (nSPS) is 12.6. The van der Waals surface area contributed by atoms with Crippen LogP contribution < -0.4 is 10.7 Å². The van der Waals surface area contributed by atoms with Crippen LogP contribution in [0.25, 0.3) is 21.0 Å². The Bertz CT molecular complexity index is 855. The van der Waals surface area contributed by atoms with Gasteiger partial charge in [-0.3, -0.25) is 5.43 Å². The molecule has 0 saturated carbocycles. The van der Waals surface area contributed by atoms with Crippen LogP contribution in [-0.2, 0) is 4.74 Å². The number of para-hydroxylation sites is 1. The van der Waals surface area contributed by atoms with Crippen molar-refractivity contribution < 1.29 is 9.15 Å². The maximum absolute atomic E-state index is 5.78. The van der Waals surface area contributed by atoms with E-state index in [0.29, 0.717) is 17.5 Å². The molecule has 0 aliphatic heterocycles. The second-order valence-electron chi connectivity index (χ2n) is 5.39. The minimum Gasteiger partial charge on any atom is -0.453 e. The van der Waals surface area contributed by atoms with Gasteiger partial charge in [0.05, 0.1) is 23.0 Å². The predicted octanol–water partition coefficient (Wildman–Crippen LogP) is 3.39. The molecule has 3 rings (SSSR count). The monoisotopic (exact) mass is 374 g/mol. The summed E-state index contributed by atoms with van der Waals surface area (Å²) in [6.45, 7) is 2.53. The Hall–Kier alpha value is -2.29. The zero-order valence-electron chi connectivity index (χ0n) is 13.9. The second kappa shape index (κ2) is 8.19. The minimum absolute atomic E-state index is 0.106. The molecule has 8 heteroatoms. The number of hydrogen-bond donors (Lipinski definition) is 2. The number of hydrazone groups is 1. The standard InChI is InChI=1S/C17H18N4O2S2/c1-11(10-22-2)19-17(24)21-18-9-12-7-8-14(23-12)16-20-13-5-3-4-6-15(13)25-16/h3-9,11H,10H2,1-2H3,(H2,19,21,24)/b18-9-/t11-/m0/s1. The largest absolute Gasteiger partial charge is 0.453 e. The van der Waals surface area contributed by atoms with E-state index in [2.05, 4.69) is 20.8 Å². The van der Waals surface area contributed by atoms with Crippen molar-refractivity contribution in [1.82, 2.24) is 15.7 Å². The molecule has 1 aromatic carbocycles. The first-order valence-electron chi connectivity index (χ1n) is 7.70. The third-order valence-electron chi connectivity index (χ3n) is 3.28. The molecule has 3 aromatic rings. The summed E-state index contributed by atoms with van der Waals surface area (Å²) in [6, 6.07) is 11.8. The number of fused-ring (bicyclic) bond motifs is 1. The van der Waals surface area contributed by atoms with Gasteiger partial charge in [-0.05, 0) is 43.4 Å². The first-order chi connectivity index (χ1) is 12.2. The van der Waals surface area contributed by atoms with E-state index < -0.39 is 0 Å². The average Bonchev–Trinajstić information content (AvgIpc) is 3.21. The van der Waals surface area contributed by atoms with Gasteiger partial charge in [-0.1, -0.05) is 12.1 Å². The van der Waals surface area contributed by atoms with Gasteiger partial charge in [0, 0.05) is 13.2 Å². The Kier molecular flexibility index (Phi) is 5.75. The third kappa shape index (κ3) is 4.62. The van der Waals surface area contributed by atoms with Gasteiger partial charge in [0.25, 0.3) is 0 Å². The van der Waals surface area contributed by atoms with Crippen molar-refractivity contribution in [2.45, 2.75) is 13.0 Å². The molecule has 25 heavy (non-hydrogen) atoms. The molecular formula is C17H18N4O2S2. The van der Waals surface area contributed by atoms with Crippen LogP contribution >= 0.6 is 23.6 Å². The highest BCUT2D eigenvalue weighted by atomic mass is 32.1. The number of nitrogens with one attached hydrogen (secondary N) is 2. The maximum Gasteiger partial charge on any atom is 0.187 e. The molecule has 0 aliphatic carbocycles. The number of furan rings is 1. The molecular weight excluding hydrogens is 356 g/mol. The van der Waals surface area contributed by atoms with Gasteiger partial charge < -0.3 is 14.5 Å². The average molecular weight is 374 g/mol. The zero-order chi connectivity index (χ0) is 17.6. The van der Waals surface area contributed by atoms with Crippen molar-refractivity contribution in [2.24, 2.45) is 5.10 Å². The van der Waals surface area contributed by atoms with E-state index in [4.69, 9.17) is 21.4 Å². The topological polar surface area (TPSA) is 71.7 Å². The van der Waals surface area contributed by atoms with Crippen LogP contribution in [0.4, 0.5) is 0 Å². The number of ether oxygens (including phenoxy) is 1. The van der Waals surface area contributed by atoms with Crippen LogP contribution in [0.15, 0.2) is 45.9 Å². The molecule has 0 unspecified atom stereocenters. The first kappa shape index (κ1) is 17.5. The number of rotatable bonds is 6. The van der Waals surface area contributed by atoms with E-state index in [1.807, 2.05) is 43.3 Å². The van der Waals surface area contributed by atoms with Crippen molar-refractivity contribution >= 4 is 45.1 Å². The van der Waals surface area contributed by atoms with E-state index in [1.54, 1.807) is 24.7 Å². The van der Waals surface area contributed by atoms with Crippen LogP contribution in [0.5, 0.6) is 0 Å². The molecule has 0 fully saturated rings. The van der Waals surface area contributed by atoms with Gasteiger partial charge in [-0.25, -0.2) is 4.98 Å². The highest BCUT2D eigenvalue weighted by Crippen LogP contribution is 2.30. The van der Waals surface area contributed by atoms with Crippen molar-refractivity contribution in [3.8, 4) is 10.8 Å². The van der Waals surface area contributed by atoms with Gasteiger partial charge in [-0.2, -0.15) is 5.10 Å². The van der Waals surface area contributed by atoms with Gasteiger partial charge in [0.15, 0.2) is 15.9 Å². The highest BCUT2D eigenvalue weighted by molar-refractivity contribution is 7.80. The quantitative estimate of drug-likeness (QED) is 0.391. The highest BCUT2D eigenvalue weighted by Gasteiger charge is 2.09. The predicted molar refractivity (Wildman–Crippen MR) is 105 cm³/mol. The molecule has 0 bridgehead atoms. The SMILES string of the molecule is COC[C@H](C)NC(=S)N/N=C\c1ccc(-c2nc3ccccc3s2)o1. The van der Waals surface area contributed by atoms with Crippen LogP contribution in [0.2, 0.25) is 0 Å². The first-order valence-corrected chi connectivity index (χ1v) is 8.92. The molecule has 0 saturated heterocycles. The summed E-state index contributed by atoms with van der Waals surface area (Å²) >= 11 is 6.74. The van der Waals surface area contributed by atoms with Crippen molar-refractivity contribution in [3.63, 3.8) is 0 Å². The lowest BCUT2D eigenvalue weighted by Crippen LogP contribution is -2.40. The van der Waals surface area contributed by atoms with Crippen LogP contribution in [-0.4, -0.2) is 36.1 Å². The fourth-order valence-corrected chi connectivity index (χ4v) is 3.40. The van der Waals surface area contributed by atoms with Gasteiger partial charge in [0.1, 0.15) is 5.76 Å². The van der Waals surface area contributed by atoms with Crippen molar-refractivity contribution in [3.05, 3.63) is 42.2 Å². The molecule has 2 heterocycles. The Labute approximate surface area is 154 Å². The summed E-state index contributed by atoms with van der Waals surface area (Å²) in [5, 5.41) is 8.41. The number of thiazole rings is 1. The van der Waals surface area contributed by atoms with E-state index in [-0.39, 0.29) is 6.04 Å². The molecule has 6 nitrogen and oxygen atoms in total. The van der Waals surface area contributed by atoms with Crippen LogP contribution in [0.3, 0.4) is 0 Å². The van der Waals surface area contributed by atoms with Crippen molar-refractivity contribution in [1.29, 1.82) is 0 Å². The number of benzene rings is 1. The lowest BCUT2D eigenvalue weighted by atomic mass is 10.3. The summed E-state index contributed by atoms with van der Waals surface area (Å²) in [6.07, 6.45) is 1.58. The fraction of sp³-hybridized carbons (Fsp3) is 0.235. The van der Waals surface area contributed by atoms with Gasteiger partial charge in [0.2, 0.25) is 0 Å². The molecule has 2 N–H and O–H groups in total. The molecule has 0 radical (unpaired) electrons. The van der Waals surface area contributed by atoms with E-state index in [9.17, 15) is 0 Å². The summed E-state index contributed by atoms with van der Waals surface area (Å²) in [5.74, 6) is 1.34. The summed E-state index contributed by atoms with van der Waals surface area (Å²) < 4.78 is 11.9. The fourth-order valence-electron chi connectivity index (χ4n) is 2.22. The molecule has 2 aromatic heterocycles. The van der Waals surface area contributed by atoms with Crippen LogP contribution in [0, 0.1) is 0 Å². The second-order valence-corrected chi connectivity index (χ2v) is 6.83. The third-order valence-corrected chi connectivity index (χ3v) is 4.54. The summed E-state index contributed by atoms with van der Waals surface area (Å²) in [7, 11) is 1.65. The number of nitrogens with zero attached hydrogens (tertiary/aromatic N) is 2. The Balaban J connectivity index is 1.60. The number of methoxy groups -OCH3 is 1. The minimum atomic E-state index is 0.106. The molecule has 0 aliphatic rings. The van der Waals surface area contributed by atoms with Gasteiger partial charge >= 0.3 is 0 Å². The smallest absolute Gasteiger partial charge is 0.187 e. The summed E-state index contributed by atoms with van der Waals surface area (Å²) in [5.41, 5.74) is 3.72. The van der Waals surface area contributed by atoms with Crippen molar-refractivity contribution in [2.75, 3.05) is 13.7 Å².